The third kappa shape index (κ3) is 5.77. The van der Waals surface area contributed by atoms with Gasteiger partial charge in [0.2, 0.25) is 0 Å². The van der Waals surface area contributed by atoms with E-state index >= 15 is 0 Å². The van der Waals surface area contributed by atoms with Crippen molar-refractivity contribution in [3.05, 3.63) is 130 Å². The van der Waals surface area contributed by atoms with Gasteiger partial charge >= 0.3 is 6.03 Å². The Morgan fingerprint density at radius 1 is 0.591 bits per heavy atom. The van der Waals surface area contributed by atoms with Crippen molar-refractivity contribution in [2.75, 3.05) is 13.2 Å². The normalized spacial score (nSPS) is 22.6. The molecular formula is C37H38N2O5. The summed E-state index contributed by atoms with van der Waals surface area (Å²) < 4.78 is 11.4. The van der Waals surface area contributed by atoms with Gasteiger partial charge in [-0.15, -0.1) is 0 Å². The number of fused-ring (bicyclic) bond motifs is 2. The van der Waals surface area contributed by atoms with E-state index in [0.717, 1.165) is 57.7 Å². The number of hydrogen-bond acceptors (Lipinski definition) is 5. The van der Waals surface area contributed by atoms with Crippen molar-refractivity contribution in [3.8, 4) is 11.5 Å². The summed E-state index contributed by atoms with van der Waals surface area (Å²) >= 11 is 0. The van der Waals surface area contributed by atoms with Crippen LogP contribution in [0.2, 0.25) is 0 Å². The summed E-state index contributed by atoms with van der Waals surface area (Å²) in [6.45, 7) is 1.95. The number of aliphatic hydroxyl groups excluding tert-OH is 2. The minimum absolute atomic E-state index is 0.197. The summed E-state index contributed by atoms with van der Waals surface area (Å²) in [5.41, 5.74) is 6.21. The molecule has 4 aromatic carbocycles. The quantitative estimate of drug-likeness (QED) is 0.304. The summed E-state index contributed by atoms with van der Waals surface area (Å²) in [6, 6.07) is 30.4. The van der Waals surface area contributed by atoms with E-state index in [1.165, 1.54) is 0 Å². The van der Waals surface area contributed by atoms with Gasteiger partial charge in [-0.25, -0.2) is 4.79 Å². The van der Waals surface area contributed by atoms with E-state index < -0.39 is 24.3 Å². The van der Waals surface area contributed by atoms with Crippen LogP contribution in [-0.2, 0) is 38.8 Å². The highest BCUT2D eigenvalue weighted by atomic mass is 16.5. The van der Waals surface area contributed by atoms with E-state index in [1.807, 2.05) is 84.9 Å². The Morgan fingerprint density at radius 2 is 1.02 bits per heavy atom. The molecular weight excluding hydrogens is 552 g/mol. The van der Waals surface area contributed by atoms with Crippen LogP contribution in [0.4, 0.5) is 4.79 Å². The van der Waals surface area contributed by atoms with Gasteiger partial charge in [-0.3, -0.25) is 0 Å². The van der Waals surface area contributed by atoms with E-state index in [9.17, 15) is 15.0 Å². The Labute approximate surface area is 258 Å². The smallest absolute Gasteiger partial charge is 0.321 e. The maximum atomic E-state index is 14.8. The molecule has 2 amide bonds. The highest BCUT2D eigenvalue weighted by molar-refractivity contribution is 5.76. The summed E-state index contributed by atoms with van der Waals surface area (Å²) in [4.78, 5) is 18.4. The van der Waals surface area contributed by atoms with Gasteiger partial charge in [-0.05, 0) is 58.4 Å². The Morgan fingerprint density at radius 3 is 1.45 bits per heavy atom. The molecule has 1 fully saturated rings. The molecule has 226 valence electrons. The van der Waals surface area contributed by atoms with E-state index in [4.69, 9.17) is 9.47 Å². The molecule has 0 aliphatic carbocycles. The number of amides is 2. The van der Waals surface area contributed by atoms with Gasteiger partial charge in [0.25, 0.3) is 0 Å². The second kappa shape index (κ2) is 12.3. The number of aliphatic hydroxyl groups is 2. The van der Waals surface area contributed by atoms with Crippen LogP contribution in [0.5, 0.6) is 11.5 Å². The second-order valence-electron chi connectivity index (χ2n) is 12.1. The largest absolute Gasteiger partial charge is 0.493 e. The van der Waals surface area contributed by atoms with Crippen LogP contribution in [0.1, 0.15) is 33.4 Å². The van der Waals surface area contributed by atoms with Crippen LogP contribution in [0.15, 0.2) is 97.1 Å². The zero-order valence-corrected chi connectivity index (χ0v) is 24.7. The predicted octanol–water partition coefficient (Wildman–Crippen LogP) is 4.94. The Balaban J connectivity index is 1.28. The van der Waals surface area contributed by atoms with Crippen molar-refractivity contribution >= 4 is 6.03 Å². The maximum Gasteiger partial charge on any atom is 0.321 e. The maximum absolute atomic E-state index is 14.8. The molecule has 0 saturated carbocycles. The zero-order chi connectivity index (χ0) is 30.0. The molecule has 3 aliphatic rings. The van der Waals surface area contributed by atoms with E-state index in [2.05, 4.69) is 12.1 Å². The average Bonchev–Trinajstić information content (AvgIpc) is 3.72. The number of nitrogens with zero attached hydrogens (tertiary/aromatic N) is 2. The molecule has 4 atom stereocenters. The number of hydrogen-bond donors (Lipinski definition) is 2. The Bertz CT molecular complexity index is 1490. The second-order valence-corrected chi connectivity index (χ2v) is 12.1. The molecule has 7 nitrogen and oxygen atoms in total. The van der Waals surface area contributed by atoms with Crippen molar-refractivity contribution < 1.29 is 24.5 Å². The molecule has 7 heteroatoms. The number of ether oxygens (including phenoxy) is 2. The highest BCUT2D eigenvalue weighted by Gasteiger charge is 2.46. The van der Waals surface area contributed by atoms with Gasteiger partial charge in [0.15, 0.2) is 0 Å². The van der Waals surface area contributed by atoms with Crippen molar-refractivity contribution in [3.63, 3.8) is 0 Å². The van der Waals surface area contributed by atoms with Gasteiger partial charge in [0, 0.05) is 25.9 Å². The third-order valence-corrected chi connectivity index (χ3v) is 9.22. The minimum Gasteiger partial charge on any atom is -0.493 e. The van der Waals surface area contributed by atoms with Crippen LogP contribution in [0.3, 0.4) is 0 Å². The lowest BCUT2D eigenvalue weighted by Gasteiger charge is -2.36. The molecule has 1 saturated heterocycles. The van der Waals surface area contributed by atoms with E-state index in [1.54, 1.807) is 9.80 Å². The lowest BCUT2D eigenvalue weighted by Crippen LogP contribution is -2.50. The molecule has 4 aromatic rings. The van der Waals surface area contributed by atoms with Gasteiger partial charge in [0.1, 0.15) is 23.7 Å². The average molecular weight is 591 g/mol. The number of rotatable bonds is 8. The van der Waals surface area contributed by atoms with Crippen LogP contribution in [0.25, 0.3) is 0 Å². The van der Waals surface area contributed by atoms with Gasteiger partial charge in [-0.1, -0.05) is 84.9 Å². The SMILES string of the molecule is O=C1N(Cc2ccccc2)[C@H](Cc2ccc3c(c2)CCO3)[C@H](O)[C@@H](O)[C@@H](Cc2ccc3c(c2)CCO3)N1Cc1ccccc1. The van der Waals surface area contributed by atoms with Crippen LogP contribution in [-0.4, -0.2) is 63.5 Å². The van der Waals surface area contributed by atoms with Crippen molar-refractivity contribution in [2.24, 2.45) is 0 Å². The lowest BCUT2D eigenvalue weighted by molar-refractivity contribution is -0.0408. The zero-order valence-electron chi connectivity index (χ0n) is 24.7. The first-order valence-electron chi connectivity index (χ1n) is 15.5. The molecule has 0 unspecified atom stereocenters. The molecule has 0 bridgehead atoms. The first-order valence-corrected chi connectivity index (χ1v) is 15.5. The van der Waals surface area contributed by atoms with Gasteiger partial charge < -0.3 is 29.5 Å². The first-order chi connectivity index (χ1) is 21.5. The monoisotopic (exact) mass is 590 g/mol. The predicted molar refractivity (Wildman–Crippen MR) is 168 cm³/mol. The molecule has 3 heterocycles. The topological polar surface area (TPSA) is 82.5 Å². The van der Waals surface area contributed by atoms with Crippen molar-refractivity contribution in [1.82, 2.24) is 9.80 Å². The molecule has 3 aliphatic heterocycles. The Hall–Kier alpha value is -4.33. The fourth-order valence-electron chi connectivity index (χ4n) is 6.88. The molecule has 0 aromatic heterocycles. The lowest BCUT2D eigenvalue weighted by atomic mass is 9.90. The fourth-order valence-corrected chi connectivity index (χ4v) is 6.88. The third-order valence-electron chi connectivity index (χ3n) is 9.22. The molecule has 0 radical (unpaired) electrons. The number of urea groups is 1. The molecule has 7 rings (SSSR count). The van der Waals surface area contributed by atoms with Gasteiger partial charge in [0.05, 0.1) is 25.3 Å². The van der Waals surface area contributed by atoms with E-state index in [0.29, 0.717) is 39.1 Å². The molecule has 44 heavy (non-hydrogen) atoms. The summed E-state index contributed by atoms with van der Waals surface area (Å²) in [7, 11) is 0. The highest BCUT2D eigenvalue weighted by Crippen LogP contribution is 2.33. The van der Waals surface area contributed by atoms with E-state index in [-0.39, 0.29) is 6.03 Å². The van der Waals surface area contributed by atoms with Crippen LogP contribution in [0, 0.1) is 0 Å². The molecule has 2 N–H and O–H groups in total. The number of carbonyl (C=O) groups excluding carboxylic acids is 1. The summed E-state index contributed by atoms with van der Waals surface area (Å²) in [5.74, 6) is 1.78. The summed E-state index contributed by atoms with van der Waals surface area (Å²) in [6.07, 6.45) is 0.152. The van der Waals surface area contributed by atoms with Crippen LogP contribution < -0.4 is 9.47 Å². The number of benzene rings is 4. The van der Waals surface area contributed by atoms with Crippen LogP contribution >= 0.6 is 0 Å². The minimum atomic E-state index is -1.17. The van der Waals surface area contributed by atoms with Crippen molar-refractivity contribution in [2.45, 2.75) is 63.1 Å². The van der Waals surface area contributed by atoms with Crippen molar-refractivity contribution in [1.29, 1.82) is 0 Å². The fraction of sp³-hybridized carbons (Fsp3) is 0.324. The Kier molecular flexibility index (Phi) is 7.98. The van der Waals surface area contributed by atoms with Gasteiger partial charge in [-0.2, -0.15) is 0 Å². The summed E-state index contributed by atoms with van der Waals surface area (Å²) in [5, 5.41) is 24.0. The number of carbonyl (C=O) groups is 1. The standard InChI is InChI=1S/C37H38N2O5/c40-35-31(21-27-11-13-33-29(19-27)15-17-43-33)38(23-25-7-3-1-4-8-25)37(42)39(24-26-9-5-2-6-10-26)32(36(35)41)22-28-12-14-34-30(20-28)16-18-44-34/h1-14,19-20,31-32,35-36,40-41H,15-18,21-24H2/t31-,32-,35+,36+/m1/s1. The first kappa shape index (κ1) is 28.4. The molecule has 0 spiro atoms.